The zero-order valence-electron chi connectivity index (χ0n) is 11.9. The fourth-order valence-electron chi connectivity index (χ4n) is 2.32. The number of hydrogen-bond donors (Lipinski definition) is 1. The lowest BCUT2D eigenvalue weighted by Crippen LogP contribution is -2.49. The van der Waals surface area contributed by atoms with E-state index in [1.165, 1.54) is 0 Å². The fourth-order valence-corrected chi connectivity index (χ4v) is 2.62. The Morgan fingerprint density at radius 2 is 2.25 bits per heavy atom. The third-order valence-corrected chi connectivity index (χ3v) is 3.56. The van der Waals surface area contributed by atoms with Gasteiger partial charge in [-0.1, -0.05) is 36.2 Å². The zero-order chi connectivity index (χ0) is 14.1. The first kappa shape index (κ1) is 8.26. The summed E-state index contributed by atoms with van der Waals surface area (Å²) in [6, 6.07) is 6.94. The third kappa shape index (κ3) is 1.76. The lowest BCUT2D eigenvalue weighted by Gasteiger charge is -2.36. The maximum absolute atomic E-state index is 12.4. The number of carbonyl (C=O) groups excluding carboxylic acids is 1. The number of rotatable bonds is 2. The molecule has 2 nitrogen and oxygen atoms in total. The highest BCUT2D eigenvalue weighted by Crippen LogP contribution is 2.37. The van der Waals surface area contributed by atoms with Crippen LogP contribution in [0.15, 0.2) is 24.3 Å². The number of benzene rings is 1. The molecule has 16 heavy (non-hydrogen) atoms. The van der Waals surface area contributed by atoms with Crippen molar-refractivity contribution in [2.24, 2.45) is 0 Å². The molecular weight excluding hydrogens is 222 g/mol. The maximum Gasteiger partial charge on any atom is 0.157 e. The molecule has 2 rings (SSSR count). The lowest BCUT2D eigenvalue weighted by molar-refractivity contribution is -0.127. The second-order valence-electron chi connectivity index (χ2n) is 4.14. The molecule has 1 aromatic rings. The first-order chi connectivity index (χ1) is 8.85. The molecule has 1 aromatic carbocycles. The van der Waals surface area contributed by atoms with Gasteiger partial charge in [-0.2, -0.15) is 0 Å². The molecule has 1 fully saturated rings. The van der Waals surface area contributed by atoms with Crippen molar-refractivity contribution in [1.82, 2.24) is 5.32 Å². The van der Waals surface area contributed by atoms with Crippen LogP contribution in [0.1, 0.15) is 35.4 Å². The van der Waals surface area contributed by atoms with Gasteiger partial charge >= 0.3 is 0 Å². The summed E-state index contributed by atoms with van der Waals surface area (Å²) in [7, 11) is 0. The second kappa shape index (κ2) is 4.56. The van der Waals surface area contributed by atoms with Crippen molar-refractivity contribution in [3.8, 4) is 0 Å². The summed E-state index contributed by atoms with van der Waals surface area (Å²) in [4.78, 5) is 12.4. The number of carbonyl (C=O) groups is 1. The van der Waals surface area contributed by atoms with E-state index >= 15 is 0 Å². The first-order valence-corrected chi connectivity index (χ1v) is 5.81. The number of likely N-dealkylation sites (N-methyl/N-ethyl adjacent to an activating group) is 1. The van der Waals surface area contributed by atoms with Crippen molar-refractivity contribution in [3.05, 3.63) is 34.9 Å². The molecule has 0 saturated heterocycles. The molecule has 0 amide bonds. The molecule has 0 radical (unpaired) electrons. The summed E-state index contributed by atoms with van der Waals surface area (Å²) < 4.78 is 22.3. The van der Waals surface area contributed by atoms with Crippen LogP contribution in [0.25, 0.3) is 0 Å². The van der Waals surface area contributed by atoms with Crippen LogP contribution in [0.2, 0.25) is 5.02 Å². The number of Topliss-reactive ketones (excluding diaryl/α,β-unsaturated/α-hetero) is 1. The summed E-state index contributed by atoms with van der Waals surface area (Å²) in [5.74, 6) is -0.0945. The van der Waals surface area contributed by atoms with Crippen LogP contribution >= 0.6 is 11.6 Å². The molecule has 0 bridgehead atoms. The highest BCUT2D eigenvalue weighted by molar-refractivity contribution is 6.31. The van der Waals surface area contributed by atoms with Crippen molar-refractivity contribution in [1.29, 1.82) is 0 Å². The SMILES string of the molecule is [2H]C([2H])([2H])N[C@]1(c2ccccc2Cl)CCCCC1=O. The molecule has 1 N–H and O–H groups in total. The van der Waals surface area contributed by atoms with Gasteiger partial charge in [0.15, 0.2) is 5.78 Å². The van der Waals surface area contributed by atoms with E-state index in [1.54, 1.807) is 24.3 Å². The van der Waals surface area contributed by atoms with E-state index in [-0.39, 0.29) is 5.78 Å². The Balaban J connectivity index is 2.51. The molecule has 1 aliphatic rings. The minimum absolute atomic E-state index is 0.0945. The first-order valence-electron chi connectivity index (χ1n) is 6.93. The molecule has 1 aliphatic carbocycles. The van der Waals surface area contributed by atoms with Gasteiger partial charge in [-0.15, -0.1) is 0 Å². The van der Waals surface area contributed by atoms with Crippen molar-refractivity contribution >= 4 is 17.4 Å². The minimum Gasteiger partial charge on any atom is -0.304 e. The predicted molar refractivity (Wildman–Crippen MR) is 65.7 cm³/mol. The average molecular weight is 241 g/mol. The Hall–Kier alpha value is -0.860. The Morgan fingerprint density at radius 1 is 1.44 bits per heavy atom. The van der Waals surface area contributed by atoms with Crippen molar-refractivity contribution in [3.63, 3.8) is 0 Å². The summed E-state index contributed by atoms with van der Waals surface area (Å²) in [5, 5.41) is 2.97. The highest BCUT2D eigenvalue weighted by atomic mass is 35.5. The Bertz CT molecular complexity index is 489. The van der Waals surface area contributed by atoms with Crippen molar-refractivity contribution in [2.45, 2.75) is 31.2 Å². The monoisotopic (exact) mass is 240 g/mol. The van der Waals surface area contributed by atoms with Gasteiger partial charge in [-0.25, -0.2) is 0 Å². The molecule has 0 heterocycles. The third-order valence-electron chi connectivity index (χ3n) is 3.23. The van der Waals surface area contributed by atoms with E-state index < -0.39 is 12.5 Å². The van der Waals surface area contributed by atoms with E-state index in [0.717, 1.165) is 12.8 Å². The normalized spacial score (nSPS) is 29.3. The largest absolute Gasteiger partial charge is 0.304 e. The van der Waals surface area contributed by atoms with Crippen LogP contribution in [-0.4, -0.2) is 12.8 Å². The molecule has 1 atom stereocenters. The molecule has 1 saturated carbocycles. The van der Waals surface area contributed by atoms with Crippen LogP contribution in [0.4, 0.5) is 0 Å². The van der Waals surface area contributed by atoms with Crippen LogP contribution < -0.4 is 5.32 Å². The molecule has 0 aliphatic heterocycles. The van der Waals surface area contributed by atoms with Gasteiger partial charge in [0.2, 0.25) is 0 Å². The van der Waals surface area contributed by atoms with Gasteiger partial charge < -0.3 is 5.32 Å². The fraction of sp³-hybridized carbons (Fsp3) is 0.462. The molecule has 3 heteroatoms. The zero-order valence-corrected chi connectivity index (χ0v) is 9.68. The number of halogens is 1. The number of hydrogen-bond acceptors (Lipinski definition) is 2. The Kier molecular flexibility index (Phi) is 2.35. The Morgan fingerprint density at radius 3 is 2.94 bits per heavy atom. The van der Waals surface area contributed by atoms with Crippen LogP contribution in [-0.2, 0) is 10.3 Å². The maximum atomic E-state index is 12.4. The Labute approximate surface area is 105 Å². The molecule has 0 aromatic heterocycles. The van der Waals surface area contributed by atoms with Gasteiger partial charge in [-0.3, -0.25) is 4.79 Å². The van der Waals surface area contributed by atoms with E-state index in [2.05, 4.69) is 5.32 Å². The van der Waals surface area contributed by atoms with Crippen LogP contribution in [0.3, 0.4) is 0 Å². The van der Waals surface area contributed by atoms with E-state index in [9.17, 15) is 4.79 Å². The average Bonchev–Trinajstić information content (AvgIpc) is 2.31. The molecule has 0 spiro atoms. The second-order valence-corrected chi connectivity index (χ2v) is 4.55. The van der Waals surface area contributed by atoms with E-state index in [4.69, 9.17) is 15.7 Å². The number of ketones is 1. The van der Waals surface area contributed by atoms with E-state index in [1.807, 2.05) is 0 Å². The van der Waals surface area contributed by atoms with Gasteiger partial charge in [0.25, 0.3) is 0 Å². The van der Waals surface area contributed by atoms with Crippen LogP contribution in [0, 0.1) is 0 Å². The van der Waals surface area contributed by atoms with E-state index in [0.29, 0.717) is 23.4 Å². The summed E-state index contributed by atoms with van der Waals surface area (Å²) in [6.45, 7) is -2.38. The lowest BCUT2D eigenvalue weighted by atomic mass is 9.75. The van der Waals surface area contributed by atoms with Gasteiger partial charge in [-0.05, 0) is 31.4 Å². The molecule has 0 unspecified atom stereocenters. The van der Waals surface area contributed by atoms with Crippen LogP contribution in [0.5, 0.6) is 0 Å². The predicted octanol–water partition coefficient (Wildman–Crippen LogP) is 2.90. The molecule has 86 valence electrons. The van der Waals surface area contributed by atoms with Gasteiger partial charge in [0, 0.05) is 15.6 Å². The number of nitrogens with one attached hydrogen (secondary N) is 1. The standard InChI is InChI=1S/C13H16ClNO/c1-15-13(9-5-4-8-12(13)16)10-6-2-3-7-11(10)14/h2-3,6-7,15H,4-5,8-9H2,1H3/t13-/m0/s1/i1D3. The highest BCUT2D eigenvalue weighted by Gasteiger charge is 2.40. The summed E-state index contributed by atoms with van der Waals surface area (Å²) in [6.07, 6.45) is 2.45. The van der Waals surface area contributed by atoms with Crippen molar-refractivity contribution < 1.29 is 8.91 Å². The summed E-state index contributed by atoms with van der Waals surface area (Å²) >= 11 is 6.17. The quantitative estimate of drug-likeness (QED) is 0.861. The van der Waals surface area contributed by atoms with Crippen molar-refractivity contribution in [2.75, 3.05) is 6.98 Å². The van der Waals surface area contributed by atoms with Gasteiger partial charge in [0.1, 0.15) is 5.54 Å². The molecular formula is C13H16ClNO. The van der Waals surface area contributed by atoms with Gasteiger partial charge in [0.05, 0.1) is 0 Å². The summed E-state index contributed by atoms with van der Waals surface area (Å²) in [5.41, 5.74) is -0.612. The minimum atomic E-state index is -2.38. The smallest absolute Gasteiger partial charge is 0.157 e. The topological polar surface area (TPSA) is 29.1 Å².